The van der Waals surface area contributed by atoms with Gasteiger partial charge < -0.3 is 14.4 Å². The topological polar surface area (TPSA) is 45.6 Å². The maximum absolute atomic E-state index is 12.9. The molecule has 2 aliphatic heterocycles. The number of piperidine rings is 1. The Kier molecular flexibility index (Phi) is 5.25. The number of likely N-dealkylation sites (tertiary alicyclic amines) is 2. The lowest BCUT2D eigenvalue weighted by atomic mass is 9.95. The molecule has 0 bridgehead atoms. The van der Waals surface area contributed by atoms with E-state index in [9.17, 15) is 9.59 Å². The van der Waals surface area contributed by atoms with Gasteiger partial charge in [-0.3, -0.25) is 9.59 Å². The molecule has 2 amide bonds. The summed E-state index contributed by atoms with van der Waals surface area (Å²) in [7, 11) is 0. The van der Waals surface area contributed by atoms with Crippen molar-refractivity contribution >= 4 is 11.8 Å². The van der Waals surface area contributed by atoms with E-state index in [0.717, 1.165) is 50.0 Å². The summed E-state index contributed by atoms with van der Waals surface area (Å²) in [5, 5.41) is 0. The molecule has 0 aliphatic carbocycles. The molecule has 1 aromatic carbocycles. The van der Waals surface area contributed by atoms with Gasteiger partial charge in [-0.05, 0) is 75.9 Å². The summed E-state index contributed by atoms with van der Waals surface area (Å²) in [6.07, 6.45) is 3.81. The lowest BCUT2D eigenvalue weighted by Gasteiger charge is -2.33. The number of benzene rings is 1. The maximum Gasteiger partial charge on any atom is 0.253 e. The van der Waals surface area contributed by atoms with Gasteiger partial charge in [0.2, 0.25) is 5.91 Å². The first-order chi connectivity index (χ1) is 13.5. The Balaban J connectivity index is 1.38. The van der Waals surface area contributed by atoms with E-state index in [0.29, 0.717) is 19.0 Å². The number of carbonyl (C=O) groups is 2. The monoisotopic (exact) mass is 379 g/mol. The first-order valence-corrected chi connectivity index (χ1v) is 10.4. The van der Waals surface area contributed by atoms with Gasteiger partial charge in [-0.15, -0.1) is 0 Å². The molecule has 4 rings (SSSR count). The molecule has 2 fully saturated rings. The molecule has 5 heteroatoms. The SMILES string of the molecule is Cc1ccc(C)n1-c1ccc(C(=O)N2CCC(C(=O)N3CCCC3)CC2)cc1. The van der Waals surface area contributed by atoms with Crippen molar-refractivity contribution in [2.45, 2.75) is 39.5 Å². The summed E-state index contributed by atoms with van der Waals surface area (Å²) in [6.45, 7) is 7.32. The van der Waals surface area contributed by atoms with E-state index in [1.807, 2.05) is 34.1 Å². The van der Waals surface area contributed by atoms with Gasteiger partial charge in [-0.25, -0.2) is 0 Å². The number of aromatic nitrogens is 1. The molecule has 0 atom stereocenters. The summed E-state index contributed by atoms with van der Waals surface area (Å²) in [5.41, 5.74) is 4.16. The molecule has 0 unspecified atom stereocenters. The van der Waals surface area contributed by atoms with Crippen molar-refractivity contribution in [1.82, 2.24) is 14.4 Å². The van der Waals surface area contributed by atoms with Crippen molar-refractivity contribution in [2.24, 2.45) is 5.92 Å². The van der Waals surface area contributed by atoms with Crippen LogP contribution in [0.2, 0.25) is 0 Å². The second-order valence-electron chi connectivity index (χ2n) is 8.10. The molecule has 5 nitrogen and oxygen atoms in total. The van der Waals surface area contributed by atoms with Gasteiger partial charge >= 0.3 is 0 Å². The van der Waals surface area contributed by atoms with Crippen molar-refractivity contribution in [1.29, 1.82) is 0 Å². The molecule has 2 aromatic rings. The van der Waals surface area contributed by atoms with Gasteiger partial charge in [-0.2, -0.15) is 0 Å². The predicted molar refractivity (Wildman–Crippen MR) is 110 cm³/mol. The Hall–Kier alpha value is -2.56. The largest absolute Gasteiger partial charge is 0.342 e. The van der Waals surface area contributed by atoms with Crippen LogP contribution in [0.1, 0.15) is 47.4 Å². The molecule has 148 valence electrons. The summed E-state index contributed by atoms with van der Waals surface area (Å²) in [5.74, 6) is 0.454. The van der Waals surface area contributed by atoms with E-state index in [1.165, 1.54) is 11.4 Å². The predicted octanol–water partition coefficient (Wildman–Crippen LogP) is 3.57. The Morgan fingerprint density at radius 2 is 1.36 bits per heavy atom. The molecular weight excluding hydrogens is 350 g/mol. The summed E-state index contributed by atoms with van der Waals surface area (Å²) >= 11 is 0. The van der Waals surface area contributed by atoms with E-state index >= 15 is 0 Å². The fourth-order valence-corrected chi connectivity index (χ4v) is 4.54. The Labute approximate surface area is 166 Å². The first-order valence-electron chi connectivity index (χ1n) is 10.4. The summed E-state index contributed by atoms with van der Waals surface area (Å²) in [6, 6.07) is 12.0. The summed E-state index contributed by atoms with van der Waals surface area (Å²) in [4.78, 5) is 29.4. The standard InChI is InChI=1S/C23H29N3O2/c1-17-5-6-18(2)26(17)21-9-7-19(8-10-21)22(27)25-15-11-20(12-16-25)23(28)24-13-3-4-14-24/h5-10,20H,3-4,11-16H2,1-2H3. The van der Waals surface area contributed by atoms with Gasteiger partial charge in [0, 0.05) is 54.7 Å². The molecular formula is C23H29N3O2. The van der Waals surface area contributed by atoms with E-state index in [4.69, 9.17) is 0 Å². The number of hydrogen-bond acceptors (Lipinski definition) is 2. The lowest BCUT2D eigenvalue weighted by molar-refractivity contribution is -0.135. The van der Waals surface area contributed by atoms with Crippen LogP contribution in [0.4, 0.5) is 0 Å². The third-order valence-electron chi connectivity index (χ3n) is 6.19. The molecule has 28 heavy (non-hydrogen) atoms. The minimum absolute atomic E-state index is 0.0690. The number of hydrogen-bond donors (Lipinski definition) is 0. The van der Waals surface area contributed by atoms with Crippen LogP contribution in [0.3, 0.4) is 0 Å². The smallest absolute Gasteiger partial charge is 0.253 e. The fourth-order valence-electron chi connectivity index (χ4n) is 4.54. The highest BCUT2D eigenvalue weighted by Crippen LogP contribution is 2.24. The third-order valence-corrected chi connectivity index (χ3v) is 6.19. The van der Waals surface area contributed by atoms with Crippen molar-refractivity contribution < 1.29 is 9.59 Å². The molecule has 0 saturated carbocycles. The average Bonchev–Trinajstić information content (AvgIpc) is 3.37. The van der Waals surface area contributed by atoms with Crippen molar-refractivity contribution in [3.63, 3.8) is 0 Å². The zero-order chi connectivity index (χ0) is 19.7. The van der Waals surface area contributed by atoms with Crippen molar-refractivity contribution in [2.75, 3.05) is 26.2 Å². The van der Waals surface area contributed by atoms with E-state index < -0.39 is 0 Å². The highest BCUT2D eigenvalue weighted by molar-refractivity contribution is 5.94. The molecule has 0 radical (unpaired) electrons. The van der Waals surface area contributed by atoms with Crippen LogP contribution in [-0.2, 0) is 4.79 Å². The summed E-state index contributed by atoms with van der Waals surface area (Å²) < 4.78 is 2.18. The van der Waals surface area contributed by atoms with Crippen LogP contribution in [0, 0.1) is 19.8 Å². The van der Waals surface area contributed by atoms with Crippen LogP contribution >= 0.6 is 0 Å². The van der Waals surface area contributed by atoms with Crippen molar-refractivity contribution in [3.8, 4) is 5.69 Å². The van der Waals surface area contributed by atoms with Gasteiger partial charge in [0.1, 0.15) is 0 Å². The van der Waals surface area contributed by atoms with E-state index in [-0.39, 0.29) is 11.8 Å². The Bertz CT molecular complexity index is 835. The van der Waals surface area contributed by atoms with Gasteiger partial charge in [0.05, 0.1) is 0 Å². The maximum atomic E-state index is 12.9. The quantitative estimate of drug-likeness (QED) is 0.818. The zero-order valence-corrected chi connectivity index (χ0v) is 16.9. The molecule has 0 N–H and O–H groups in total. The molecule has 2 aliphatic rings. The number of amides is 2. The number of rotatable bonds is 3. The van der Waals surface area contributed by atoms with Crippen molar-refractivity contribution in [3.05, 3.63) is 53.3 Å². The van der Waals surface area contributed by atoms with Gasteiger partial charge in [0.15, 0.2) is 0 Å². The third kappa shape index (κ3) is 3.58. The normalized spacial score (nSPS) is 17.9. The average molecular weight is 380 g/mol. The van der Waals surface area contributed by atoms with Crippen LogP contribution in [0.5, 0.6) is 0 Å². The van der Waals surface area contributed by atoms with E-state index in [1.54, 1.807) is 0 Å². The van der Waals surface area contributed by atoms with Crippen LogP contribution in [-0.4, -0.2) is 52.4 Å². The van der Waals surface area contributed by atoms with Crippen LogP contribution < -0.4 is 0 Å². The van der Waals surface area contributed by atoms with Crippen LogP contribution in [0.15, 0.2) is 36.4 Å². The second-order valence-corrected chi connectivity index (χ2v) is 8.10. The minimum Gasteiger partial charge on any atom is -0.342 e. The first kappa shape index (κ1) is 18.8. The Morgan fingerprint density at radius 1 is 0.786 bits per heavy atom. The van der Waals surface area contributed by atoms with E-state index in [2.05, 4.69) is 30.5 Å². The number of nitrogens with zero attached hydrogens (tertiary/aromatic N) is 3. The number of carbonyl (C=O) groups excluding carboxylic acids is 2. The molecule has 1 aromatic heterocycles. The molecule has 0 spiro atoms. The fraction of sp³-hybridized carbons (Fsp3) is 0.478. The second kappa shape index (κ2) is 7.82. The minimum atomic E-state index is 0.0690. The number of aryl methyl sites for hydroxylation is 2. The molecule has 2 saturated heterocycles. The zero-order valence-electron chi connectivity index (χ0n) is 16.9. The van der Waals surface area contributed by atoms with Gasteiger partial charge in [0.25, 0.3) is 5.91 Å². The molecule has 3 heterocycles. The van der Waals surface area contributed by atoms with Crippen LogP contribution in [0.25, 0.3) is 5.69 Å². The highest BCUT2D eigenvalue weighted by Gasteiger charge is 2.31. The lowest BCUT2D eigenvalue weighted by Crippen LogP contribution is -2.43. The highest BCUT2D eigenvalue weighted by atomic mass is 16.2. The van der Waals surface area contributed by atoms with Gasteiger partial charge in [-0.1, -0.05) is 0 Å². The Morgan fingerprint density at radius 3 is 1.93 bits per heavy atom.